The Hall–Kier alpha value is -3.49. The molecule has 2 bridgehead atoms. The third kappa shape index (κ3) is 5.23. The minimum absolute atomic E-state index is 0.0972. The molecular formula is C31H36FN5O2. The van der Waals surface area contributed by atoms with Gasteiger partial charge in [-0.05, 0) is 73.8 Å². The molecule has 2 aliphatic heterocycles. The monoisotopic (exact) mass is 529 g/mol. The highest BCUT2D eigenvalue weighted by atomic mass is 19.1. The summed E-state index contributed by atoms with van der Waals surface area (Å²) < 4.78 is 22.5. The Morgan fingerprint density at radius 1 is 1.03 bits per heavy atom. The van der Waals surface area contributed by atoms with E-state index in [0.717, 1.165) is 68.5 Å². The fraction of sp³-hybridized carbons (Fsp3) is 0.419. The molecule has 3 aromatic carbocycles. The van der Waals surface area contributed by atoms with Crippen LogP contribution < -0.4 is 15.0 Å². The molecule has 7 nitrogen and oxygen atoms in total. The largest absolute Gasteiger partial charge is 0.508 e. The maximum absolute atomic E-state index is 16.4. The number of nitrogens with zero attached hydrogens (tertiary/aromatic N) is 4. The predicted molar refractivity (Wildman–Crippen MR) is 154 cm³/mol. The number of anilines is 1. The van der Waals surface area contributed by atoms with Gasteiger partial charge < -0.3 is 25.0 Å². The van der Waals surface area contributed by atoms with Crippen LogP contribution in [-0.4, -0.2) is 71.9 Å². The first-order valence-corrected chi connectivity index (χ1v) is 14.0. The van der Waals surface area contributed by atoms with E-state index in [-0.39, 0.29) is 17.3 Å². The molecule has 8 heteroatoms. The molecule has 6 rings (SSSR count). The predicted octanol–water partition coefficient (Wildman–Crippen LogP) is 5.35. The van der Waals surface area contributed by atoms with Gasteiger partial charge in [0.2, 0.25) is 0 Å². The molecular weight excluding hydrogens is 493 g/mol. The average Bonchev–Trinajstić information content (AvgIpc) is 3.28. The fourth-order valence-corrected chi connectivity index (χ4v) is 6.12. The summed E-state index contributed by atoms with van der Waals surface area (Å²) in [6.07, 6.45) is 4.23. The second-order valence-corrected chi connectivity index (χ2v) is 10.9. The van der Waals surface area contributed by atoms with Crippen LogP contribution in [0.25, 0.3) is 32.8 Å². The molecule has 4 aromatic rings. The van der Waals surface area contributed by atoms with Crippen LogP contribution >= 0.6 is 0 Å². The SMILES string of the molecule is CCCN(C)CCCOc1nc(N2CC3CCC(C2)N3)c2ccc(-c3cc(O)cc4ccccc34)c(F)c2n1. The van der Waals surface area contributed by atoms with Gasteiger partial charge in [-0.15, -0.1) is 0 Å². The first-order chi connectivity index (χ1) is 19.0. The molecule has 0 amide bonds. The van der Waals surface area contributed by atoms with E-state index in [9.17, 15) is 5.11 Å². The van der Waals surface area contributed by atoms with Crippen molar-refractivity contribution in [3.63, 3.8) is 0 Å². The zero-order valence-corrected chi connectivity index (χ0v) is 22.7. The Morgan fingerprint density at radius 2 is 1.82 bits per heavy atom. The maximum Gasteiger partial charge on any atom is 0.319 e. The number of ether oxygens (including phenoxy) is 1. The van der Waals surface area contributed by atoms with E-state index in [0.29, 0.717) is 35.2 Å². The van der Waals surface area contributed by atoms with Crippen molar-refractivity contribution in [2.75, 3.05) is 44.7 Å². The van der Waals surface area contributed by atoms with Crippen molar-refractivity contribution in [1.29, 1.82) is 0 Å². The van der Waals surface area contributed by atoms with Gasteiger partial charge in [-0.2, -0.15) is 9.97 Å². The standard InChI is InChI=1S/C31H36FN5O2/c1-3-13-36(2)14-6-15-39-31-34-29-26(30(35-31)37-18-21-9-10-22(19-37)33-21)12-11-25(28(29)32)27-17-23(38)16-20-7-4-5-8-24(20)27/h4-5,7-8,11-12,16-17,21-22,33,38H,3,6,9-10,13-15,18-19H2,1-2H3. The Balaban J connectivity index is 1.41. The topological polar surface area (TPSA) is 73.8 Å². The molecule has 0 radical (unpaired) electrons. The van der Waals surface area contributed by atoms with Crippen LogP contribution in [0.3, 0.4) is 0 Å². The molecule has 39 heavy (non-hydrogen) atoms. The van der Waals surface area contributed by atoms with E-state index >= 15 is 4.39 Å². The highest BCUT2D eigenvalue weighted by Gasteiger charge is 2.34. The summed E-state index contributed by atoms with van der Waals surface area (Å²) in [7, 11) is 2.11. The number of piperazine rings is 1. The third-order valence-corrected chi connectivity index (χ3v) is 7.94. The summed E-state index contributed by atoms with van der Waals surface area (Å²) in [4.78, 5) is 14.0. The van der Waals surface area contributed by atoms with Gasteiger partial charge in [-0.1, -0.05) is 37.3 Å². The van der Waals surface area contributed by atoms with Crippen molar-refractivity contribution in [1.82, 2.24) is 20.2 Å². The quantitative estimate of drug-likeness (QED) is 0.283. The van der Waals surface area contributed by atoms with Crippen molar-refractivity contribution >= 4 is 27.5 Å². The Kier molecular flexibility index (Phi) is 7.23. The lowest BCUT2D eigenvalue weighted by molar-refractivity contribution is 0.250. The van der Waals surface area contributed by atoms with Gasteiger partial charge in [0.1, 0.15) is 17.1 Å². The number of aromatic nitrogens is 2. The molecule has 2 atom stereocenters. The zero-order chi connectivity index (χ0) is 26.9. The van der Waals surface area contributed by atoms with Gasteiger partial charge in [0.15, 0.2) is 5.82 Å². The lowest BCUT2D eigenvalue weighted by atomic mass is 9.96. The average molecular weight is 530 g/mol. The second kappa shape index (κ2) is 10.9. The van der Waals surface area contributed by atoms with Crippen molar-refractivity contribution in [2.45, 2.75) is 44.7 Å². The second-order valence-electron chi connectivity index (χ2n) is 10.9. The molecule has 0 spiro atoms. The molecule has 2 unspecified atom stereocenters. The van der Waals surface area contributed by atoms with Crippen LogP contribution in [0.1, 0.15) is 32.6 Å². The molecule has 0 saturated carbocycles. The molecule has 2 fully saturated rings. The number of rotatable bonds is 9. The molecule has 3 heterocycles. The van der Waals surface area contributed by atoms with Gasteiger partial charge in [0.05, 0.1) is 6.61 Å². The van der Waals surface area contributed by atoms with Crippen molar-refractivity contribution < 1.29 is 14.2 Å². The molecule has 2 aliphatic rings. The number of benzene rings is 3. The summed E-state index contributed by atoms with van der Waals surface area (Å²) in [5.74, 6) is 0.389. The number of nitrogens with one attached hydrogen (secondary N) is 1. The summed E-state index contributed by atoms with van der Waals surface area (Å²) >= 11 is 0. The van der Waals surface area contributed by atoms with Gasteiger partial charge in [0, 0.05) is 42.7 Å². The number of aromatic hydroxyl groups is 1. The number of hydrogen-bond acceptors (Lipinski definition) is 7. The van der Waals surface area contributed by atoms with E-state index < -0.39 is 5.82 Å². The van der Waals surface area contributed by atoms with Crippen molar-refractivity contribution in [2.24, 2.45) is 0 Å². The van der Waals surface area contributed by atoms with Gasteiger partial charge in [0.25, 0.3) is 0 Å². The van der Waals surface area contributed by atoms with Gasteiger partial charge in [-0.25, -0.2) is 4.39 Å². The van der Waals surface area contributed by atoms with Crippen LogP contribution in [0, 0.1) is 5.82 Å². The fourth-order valence-electron chi connectivity index (χ4n) is 6.12. The smallest absolute Gasteiger partial charge is 0.319 e. The summed E-state index contributed by atoms with van der Waals surface area (Å²) in [6.45, 7) is 6.24. The lowest BCUT2D eigenvalue weighted by Crippen LogP contribution is -2.51. The number of hydrogen-bond donors (Lipinski definition) is 2. The summed E-state index contributed by atoms with van der Waals surface area (Å²) in [5.41, 5.74) is 1.27. The van der Waals surface area contributed by atoms with Crippen LogP contribution in [0.2, 0.25) is 0 Å². The Morgan fingerprint density at radius 3 is 2.62 bits per heavy atom. The summed E-state index contributed by atoms with van der Waals surface area (Å²) in [6, 6.07) is 15.7. The Bertz CT molecular complexity index is 1480. The van der Waals surface area contributed by atoms with Gasteiger partial charge in [-0.3, -0.25) is 0 Å². The van der Waals surface area contributed by atoms with E-state index in [1.54, 1.807) is 18.2 Å². The number of phenolic OH excluding ortho intramolecular Hbond substituents is 1. The highest BCUT2D eigenvalue weighted by molar-refractivity contribution is 6.01. The number of phenols is 1. The molecule has 1 aromatic heterocycles. The zero-order valence-electron chi connectivity index (χ0n) is 22.7. The van der Waals surface area contributed by atoms with Crippen LogP contribution in [-0.2, 0) is 0 Å². The van der Waals surface area contributed by atoms with E-state index in [1.807, 2.05) is 30.3 Å². The number of fused-ring (bicyclic) bond motifs is 4. The van der Waals surface area contributed by atoms with E-state index in [1.165, 1.54) is 0 Å². The van der Waals surface area contributed by atoms with Crippen LogP contribution in [0.5, 0.6) is 11.8 Å². The first-order valence-electron chi connectivity index (χ1n) is 14.0. The first kappa shape index (κ1) is 25.8. The van der Waals surface area contributed by atoms with Crippen molar-refractivity contribution in [3.05, 3.63) is 54.3 Å². The number of halogens is 1. The normalized spacial score (nSPS) is 18.9. The molecule has 204 valence electrons. The maximum atomic E-state index is 16.4. The molecule has 2 saturated heterocycles. The van der Waals surface area contributed by atoms with Crippen LogP contribution in [0.4, 0.5) is 10.2 Å². The van der Waals surface area contributed by atoms with Crippen LogP contribution in [0.15, 0.2) is 48.5 Å². The minimum Gasteiger partial charge on any atom is -0.508 e. The third-order valence-electron chi connectivity index (χ3n) is 7.94. The minimum atomic E-state index is -0.433. The van der Waals surface area contributed by atoms with E-state index in [2.05, 4.69) is 34.1 Å². The van der Waals surface area contributed by atoms with Crippen molar-refractivity contribution in [3.8, 4) is 22.9 Å². The Labute approximate surface area is 228 Å². The van der Waals surface area contributed by atoms with Gasteiger partial charge >= 0.3 is 6.01 Å². The van der Waals surface area contributed by atoms with E-state index in [4.69, 9.17) is 9.72 Å². The summed E-state index contributed by atoms with van der Waals surface area (Å²) in [5, 5.41) is 16.5. The lowest BCUT2D eigenvalue weighted by Gasteiger charge is -2.34. The molecule has 0 aliphatic carbocycles. The molecule has 2 N–H and O–H groups in total. The highest BCUT2D eigenvalue weighted by Crippen LogP contribution is 2.38.